The molecule has 25 atom stereocenters. The van der Waals surface area contributed by atoms with Crippen molar-refractivity contribution in [1.29, 1.82) is 0 Å². The molecule has 25 unspecified atom stereocenters. The van der Waals surface area contributed by atoms with E-state index >= 15 is 0 Å². The highest BCUT2D eigenvalue weighted by Crippen LogP contribution is 2.70. The van der Waals surface area contributed by atoms with Gasteiger partial charge in [-0.2, -0.15) is 0 Å². The Hall–Kier alpha value is -4.00. The van der Waals surface area contributed by atoms with Crippen molar-refractivity contribution in [3.8, 4) is 0 Å². The zero-order chi connectivity index (χ0) is 68.7. The fourth-order valence-corrected chi connectivity index (χ4v) is 16.1. The molecule has 0 amide bonds. The molecule has 21 rings (SSSR count). The maximum Gasteiger partial charge on any atom is 0.374 e. The highest BCUT2D eigenvalue weighted by Gasteiger charge is 2.72. The van der Waals surface area contributed by atoms with Gasteiger partial charge in [-0.3, -0.25) is 9.59 Å². The van der Waals surface area contributed by atoms with Crippen LogP contribution in [0.4, 0.5) is 0 Å². The van der Waals surface area contributed by atoms with Crippen LogP contribution in [0, 0.1) is 46.8 Å². The van der Waals surface area contributed by atoms with Crippen molar-refractivity contribution < 1.29 is 95.7 Å². The van der Waals surface area contributed by atoms with Gasteiger partial charge in [-0.05, 0) is 189 Å². The summed E-state index contributed by atoms with van der Waals surface area (Å²) < 4.78 is 72.5. The van der Waals surface area contributed by atoms with Crippen LogP contribution in [-0.2, 0) is 85.5 Å². The number of carbonyl (C=O) groups is 4. The van der Waals surface area contributed by atoms with E-state index in [9.17, 15) is 19.2 Å². The number of hydrogen-bond donors (Lipinski definition) is 2. The number of allylic oxidation sites excluding steroid dienone is 1. The van der Waals surface area contributed by atoms with E-state index in [4.69, 9.17) is 62.3 Å². The van der Waals surface area contributed by atoms with Gasteiger partial charge in [-0.15, -0.1) is 6.58 Å². The van der Waals surface area contributed by atoms with Crippen LogP contribution in [0.3, 0.4) is 0 Å². The van der Waals surface area contributed by atoms with Crippen LogP contribution < -0.4 is 0 Å². The second kappa shape index (κ2) is 33.0. The summed E-state index contributed by atoms with van der Waals surface area (Å²) >= 11 is 0. The van der Waals surface area contributed by atoms with Crippen molar-refractivity contribution in [3.05, 3.63) is 74.0 Å². The lowest BCUT2D eigenvalue weighted by Gasteiger charge is -2.57. The lowest BCUT2D eigenvalue weighted by molar-refractivity contribution is -0.153. The van der Waals surface area contributed by atoms with Crippen molar-refractivity contribution in [3.63, 3.8) is 0 Å². The topological polar surface area (TPSA) is 274 Å². The second-order valence-electron chi connectivity index (χ2n) is 31.5. The molecule has 542 valence electrons. The van der Waals surface area contributed by atoms with Crippen LogP contribution in [0.2, 0.25) is 0 Å². The van der Waals surface area contributed by atoms with Gasteiger partial charge in [-0.1, -0.05) is 76.3 Å². The van der Waals surface area contributed by atoms with E-state index in [1.165, 1.54) is 96.0 Å². The predicted octanol–water partition coefficient (Wildman–Crippen LogP) is 10.7. The summed E-state index contributed by atoms with van der Waals surface area (Å²) in [6.07, 6.45) is 37.1. The number of Topliss-reactive ketones (excluding diaryl/α,β-unsaturated/α-hetero) is 1. The minimum Gasteiger partial charge on any atom is -0.465 e. The molecule has 11 saturated heterocycles. The smallest absolute Gasteiger partial charge is 0.374 e. The molecule has 2 N–H and O–H groups in total. The van der Waals surface area contributed by atoms with Gasteiger partial charge in [-0.25, -0.2) is 9.59 Å². The molecule has 20 fully saturated rings. The normalized spacial score (nSPS) is 43.1. The number of epoxide rings is 11. The quantitative estimate of drug-likeness (QED) is 0.0353. The first-order valence-electron chi connectivity index (χ1n) is 36.9. The van der Waals surface area contributed by atoms with E-state index in [1.807, 2.05) is 18.2 Å². The lowest BCUT2D eigenvalue weighted by Crippen LogP contribution is -2.56. The minimum atomic E-state index is -0.782. The van der Waals surface area contributed by atoms with Gasteiger partial charge in [0.05, 0.1) is 142 Å². The molecule has 20 heteroatoms. The van der Waals surface area contributed by atoms with E-state index in [2.05, 4.69) is 86.8 Å². The predicted molar refractivity (Wildman–Crippen MR) is 357 cm³/mol. The number of ketones is 1. The zero-order valence-corrected chi connectivity index (χ0v) is 58.7. The first-order chi connectivity index (χ1) is 46.6. The highest BCUT2D eigenvalue weighted by atomic mass is 16.6. The summed E-state index contributed by atoms with van der Waals surface area (Å²) in [7, 11) is 0. The van der Waals surface area contributed by atoms with Crippen molar-refractivity contribution in [1.82, 2.24) is 0 Å². The van der Waals surface area contributed by atoms with Crippen molar-refractivity contribution in [2.24, 2.45) is 46.8 Å². The van der Waals surface area contributed by atoms with Gasteiger partial charge in [0.2, 0.25) is 5.78 Å². The number of fused-ring (bicyclic) bond motifs is 6. The van der Waals surface area contributed by atoms with Crippen LogP contribution >= 0.6 is 0 Å². The van der Waals surface area contributed by atoms with E-state index in [0.29, 0.717) is 122 Å². The van der Waals surface area contributed by atoms with Crippen molar-refractivity contribution in [2.45, 2.75) is 285 Å². The monoisotopic (exact) mass is 1360 g/mol. The summed E-state index contributed by atoms with van der Waals surface area (Å²) in [6, 6.07) is 10.3. The van der Waals surface area contributed by atoms with E-state index in [1.54, 1.807) is 0 Å². The SMILES string of the molecule is C1CCC2OC2C1.C=CC1CCC2OC2C1.C=COC(=O)C=C.CC(=O)C(=O)OCC1CO1.CC1(C)C2CC3OC3(C)C1C2.CC1(C2CCC3OC3(C)C2)CO1.O=C(OCC1CCC2OC2C1)C1CCC2OC2C1.OCC1CCC2OC2C1.OCC1CO1.c1ccc(C2CO2)cc1. The largest absolute Gasteiger partial charge is 0.465 e. The maximum atomic E-state index is 12.0. The first-order valence-corrected chi connectivity index (χ1v) is 36.9. The number of carbonyl (C=O) groups excluding carboxylic acids is 4. The van der Waals surface area contributed by atoms with Gasteiger partial charge in [0.25, 0.3) is 0 Å². The summed E-state index contributed by atoms with van der Waals surface area (Å²) in [4.78, 5) is 42.7. The Morgan fingerprint density at radius 2 is 1.14 bits per heavy atom. The molecule has 1 aromatic rings. The highest BCUT2D eigenvalue weighted by molar-refractivity contribution is 6.32. The molecule has 0 aromatic heterocycles. The molecule has 9 aliphatic carbocycles. The maximum absolute atomic E-state index is 12.0. The van der Waals surface area contributed by atoms with Crippen molar-refractivity contribution in [2.75, 3.05) is 52.9 Å². The molecule has 20 aliphatic rings. The number of aliphatic hydroxyl groups is 2. The number of ether oxygens (including phenoxy) is 14. The van der Waals surface area contributed by atoms with E-state index < -0.39 is 17.7 Å². The Bertz CT molecular complexity index is 2770. The number of benzene rings is 1. The van der Waals surface area contributed by atoms with Crippen LogP contribution in [-0.4, -0.2) is 189 Å². The molecule has 0 spiro atoms. The van der Waals surface area contributed by atoms with Crippen LogP contribution in [0.5, 0.6) is 0 Å². The number of rotatable bonds is 13. The molecule has 11 heterocycles. The van der Waals surface area contributed by atoms with Gasteiger partial charge in [0.1, 0.15) is 24.9 Å². The molecular formula is C77H114O20. The molecule has 1 aromatic carbocycles. The lowest BCUT2D eigenvalue weighted by atomic mass is 9.46. The summed E-state index contributed by atoms with van der Waals surface area (Å²) in [6.45, 7) is 27.5. The number of aliphatic hydroxyl groups excluding tert-OH is 2. The third-order valence-corrected chi connectivity index (χ3v) is 23.7. The number of esters is 3. The van der Waals surface area contributed by atoms with Gasteiger partial charge < -0.3 is 76.5 Å². The molecule has 97 heavy (non-hydrogen) atoms. The van der Waals surface area contributed by atoms with E-state index in [0.717, 1.165) is 107 Å². The third kappa shape index (κ3) is 22.0. The summed E-state index contributed by atoms with van der Waals surface area (Å²) in [5.41, 5.74) is 2.65. The van der Waals surface area contributed by atoms with Gasteiger partial charge in [0, 0.05) is 19.6 Å². The molecule has 20 nitrogen and oxygen atoms in total. The standard InChI is InChI=1S/C14H20O4.C10H16O2.C10H16O.C8H12O.C8H8O.C7H12O2.C6H8O4.C6H10O.C5H6O2.C3H6O2/c15-14(9-2-4-11-13(6-9)18-11)16-7-8-1-3-10-12(5-8)17-10;1-9-5-7(10(2)6-11-10)3-4-8(9)12-9;1-9(2)6-4-7(9)10(3)8(5-6)11-10;1-2-6-3-4-7-8(5-6)9-7;1-2-4-7(5-3-1)8-6-9-8;8-4-5-1-2-6-7(3-5)9-6;1-4(7)6(8)10-3-5-2-9-5;1-2-4-6-5(3-1)7-6;1-3-5(6)7-4-2;4-1-3-2-5-3/h8-13H,1-7H2;7-8H,3-6H2,1-2H3;6-8H,4-5H2,1-3H3;2,6-8H,1,3-5H2;1-5,8H,6H2;5-8H,1-4H2;5H,2-3H2,1H3;5-6H,1-4H2;3-4H,1-2H2;3-4H,1-2H2. The molecule has 9 saturated carbocycles. The first kappa shape index (κ1) is 74.2. The molecular weight excluding hydrogens is 1240 g/mol. The Kier molecular flexibility index (Phi) is 25.2. The van der Waals surface area contributed by atoms with Gasteiger partial charge >= 0.3 is 17.9 Å². The third-order valence-electron chi connectivity index (χ3n) is 23.7. The Morgan fingerprint density at radius 3 is 1.61 bits per heavy atom. The average molecular weight is 1360 g/mol. The average Bonchev–Trinajstić information content (AvgIpc) is 1.50. The van der Waals surface area contributed by atoms with E-state index in [-0.39, 0.29) is 48.5 Å². The fraction of sp³-hybridized carbons (Fsp3) is 0.792. The van der Waals surface area contributed by atoms with Crippen LogP contribution in [0.25, 0.3) is 0 Å². The fourth-order valence-electron chi connectivity index (χ4n) is 16.1. The summed E-state index contributed by atoms with van der Waals surface area (Å²) in [5.74, 6) is 2.64. The summed E-state index contributed by atoms with van der Waals surface area (Å²) in [5, 5.41) is 16.9. The zero-order valence-electron chi connectivity index (χ0n) is 58.7. The van der Waals surface area contributed by atoms with Crippen molar-refractivity contribution >= 4 is 23.7 Å². The molecule has 2 bridgehead atoms. The Balaban J connectivity index is 0.000000111. The Morgan fingerprint density at radius 1 is 0.567 bits per heavy atom. The Labute approximate surface area is 575 Å². The van der Waals surface area contributed by atoms with Crippen LogP contribution in [0.15, 0.2) is 68.5 Å². The molecule has 0 radical (unpaired) electrons. The minimum absolute atomic E-state index is 0.00258. The second-order valence-corrected chi connectivity index (χ2v) is 31.5. The van der Waals surface area contributed by atoms with Gasteiger partial charge in [0.15, 0.2) is 0 Å². The molecule has 11 aliphatic heterocycles. The van der Waals surface area contributed by atoms with Crippen LogP contribution in [0.1, 0.15) is 188 Å². The number of hydrogen-bond acceptors (Lipinski definition) is 20.